The molecule has 7 heavy (non-hydrogen) atoms. The summed E-state index contributed by atoms with van der Waals surface area (Å²) in [6.45, 7) is 2.39. The Morgan fingerprint density at radius 3 is 1.86 bits per heavy atom. The molecule has 0 unspecified atom stereocenters. The van der Waals surface area contributed by atoms with Crippen LogP contribution in [0.3, 0.4) is 0 Å². The molecule has 1 heteroatoms. The minimum atomic E-state index is 0.812. The van der Waals surface area contributed by atoms with Gasteiger partial charge in [0.15, 0.2) is 0 Å². The van der Waals surface area contributed by atoms with Crippen LogP contribution >= 0.6 is 11.8 Å². The van der Waals surface area contributed by atoms with Crippen molar-refractivity contribution in [3.63, 3.8) is 0 Å². The SMILES string of the molecule is CS[C@]12C[C@@]1(C)C2. The summed E-state index contributed by atoms with van der Waals surface area (Å²) >= 11 is 2.07. The van der Waals surface area contributed by atoms with Gasteiger partial charge in [0.25, 0.3) is 0 Å². The third-order valence-corrected chi connectivity index (χ3v) is 4.16. The molecule has 0 spiro atoms. The Balaban J connectivity index is 2.14. The van der Waals surface area contributed by atoms with Crippen LogP contribution in [-0.2, 0) is 0 Å². The first-order valence-electron chi connectivity index (χ1n) is 2.78. The monoisotopic (exact) mass is 114 g/mol. The Morgan fingerprint density at radius 2 is 1.86 bits per heavy atom. The Bertz CT molecular complexity index is 106. The van der Waals surface area contributed by atoms with E-state index < -0.39 is 0 Å². The van der Waals surface area contributed by atoms with Crippen LogP contribution in [0.2, 0.25) is 0 Å². The molecule has 0 atom stereocenters. The molecule has 0 nitrogen and oxygen atoms in total. The lowest BCUT2D eigenvalue weighted by Gasteiger charge is -1.90. The molecule has 2 saturated carbocycles. The van der Waals surface area contributed by atoms with Crippen molar-refractivity contribution in [2.45, 2.75) is 24.5 Å². The van der Waals surface area contributed by atoms with Crippen molar-refractivity contribution in [3.8, 4) is 0 Å². The summed E-state index contributed by atoms with van der Waals surface area (Å²) < 4.78 is 0.812. The van der Waals surface area contributed by atoms with E-state index in [0.29, 0.717) is 0 Å². The van der Waals surface area contributed by atoms with Gasteiger partial charge in [-0.3, -0.25) is 0 Å². The number of hydrogen-bond acceptors (Lipinski definition) is 1. The molecule has 0 bridgehead atoms. The van der Waals surface area contributed by atoms with E-state index in [2.05, 4.69) is 24.9 Å². The predicted octanol–water partition coefficient (Wildman–Crippen LogP) is 1.90. The van der Waals surface area contributed by atoms with Gasteiger partial charge in [-0.2, -0.15) is 11.8 Å². The fraction of sp³-hybridized carbons (Fsp3) is 1.00. The number of thioether (sulfide) groups is 1. The molecule has 0 saturated heterocycles. The molecule has 2 aliphatic carbocycles. The van der Waals surface area contributed by atoms with Crippen molar-refractivity contribution >= 4 is 11.8 Å². The van der Waals surface area contributed by atoms with Crippen LogP contribution in [0.1, 0.15) is 19.8 Å². The average Bonchev–Trinajstić information content (AvgIpc) is 2.24. The lowest BCUT2D eigenvalue weighted by Crippen LogP contribution is -1.79. The van der Waals surface area contributed by atoms with Crippen LogP contribution in [-0.4, -0.2) is 11.0 Å². The molecule has 0 aromatic rings. The van der Waals surface area contributed by atoms with E-state index >= 15 is 0 Å². The summed E-state index contributed by atoms with van der Waals surface area (Å²) in [6, 6.07) is 0. The molecule has 0 aliphatic heterocycles. The van der Waals surface area contributed by atoms with E-state index in [1.54, 1.807) is 0 Å². The van der Waals surface area contributed by atoms with E-state index in [1.807, 2.05) is 0 Å². The molecule has 0 radical (unpaired) electrons. The van der Waals surface area contributed by atoms with Crippen LogP contribution in [0.5, 0.6) is 0 Å². The molecule has 0 amide bonds. The Labute approximate surface area is 48.7 Å². The summed E-state index contributed by atoms with van der Waals surface area (Å²) in [5.41, 5.74) is 0.826. The quantitative estimate of drug-likeness (QED) is 0.501. The fourth-order valence-electron chi connectivity index (χ4n) is 1.51. The smallest absolute Gasteiger partial charge is 0.0223 e. The van der Waals surface area contributed by atoms with Crippen LogP contribution < -0.4 is 0 Å². The van der Waals surface area contributed by atoms with E-state index in [1.165, 1.54) is 12.8 Å². The summed E-state index contributed by atoms with van der Waals surface area (Å²) in [6.07, 6.45) is 5.24. The second-order valence-corrected chi connectivity index (χ2v) is 4.30. The zero-order valence-corrected chi connectivity index (χ0v) is 5.64. The van der Waals surface area contributed by atoms with Crippen molar-refractivity contribution in [3.05, 3.63) is 0 Å². The van der Waals surface area contributed by atoms with Gasteiger partial charge in [0, 0.05) is 4.75 Å². The Morgan fingerprint density at radius 1 is 1.43 bits per heavy atom. The van der Waals surface area contributed by atoms with E-state index in [0.717, 1.165) is 10.2 Å². The van der Waals surface area contributed by atoms with Gasteiger partial charge in [0.05, 0.1) is 0 Å². The van der Waals surface area contributed by atoms with Gasteiger partial charge in [-0.25, -0.2) is 0 Å². The Kier molecular flexibility index (Phi) is 0.468. The Hall–Kier alpha value is 0.350. The number of fused-ring (bicyclic) bond motifs is 1. The van der Waals surface area contributed by atoms with Crippen LogP contribution in [0, 0.1) is 5.41 Å². The maximum atomic E-state index is 2.39. The highest BCUT2D eigenvalue weighted by Gasteiger charge is 2.79. The first-order valence-corrected chi connectivity index (χ1v) is 4.00. The minimum Gasteiger partial charge on any atom is -0.158 e. The van der Waals surface area contributed by atoms with E-state index in [9.17, 15) is 0 Å². The van der Waals surface area contributed by atoms with Crippen molar-refractivity contribution < 1.29 is 0 Å². The molecule has 2 aliphatic rings. The van der Waals surface area contributed by atoms with Gasteiger partial charge in [-0.1, -0.05) is 6.92 Å². The van der Waals surface area contributed by atoms with Crippen molar-refractivity contribution in [1.29, 1.82) is 0 Å². The van der Waals surface area contributed by atoms with Crippen LogP contribution in [0.15, 0.2) is 0 Å². The summed E-state index contributed by atoms with van der Waals surface area (Å²) in [5, 5.41) is 0. The molecule has 40 valence electrons. The van der Waals surface area contributed by atoms with Gasteiger partial charge < -0.3 is 0 Å². The first kappa shape index (κ1) is 4.25. The third kappa shape index (κ3) is 0.290. The molecular formula is C6H10S. The molecule has 0 N–H and O–H groups in total. The highest BCUT2D eigenvalue weighted by atomic mass is 32.2. The van der Waals surface area contributed by atoms with Crippen molar-refractivity contribution in [2.24, 2.45) is 5.41 Å². The van der Waals surface area contributed by atoms with Gasteiger partial charge in [-0.05, 0) is 24.5 Å². The van der Waals surface area contributed by atoms with E-state index in [-0.39, 0.29) is 0 Å². The van der Waals surface area contributed by atoms with Crippen molar-refractivity contribution in [2.75, 3.05) is 6.26 Å². The lowest BCUT2D eigenvalue weighted by atomic mass is 10.3. The van der Waals surface area contributed by atoms with Crippen LogP contribution in [0.25, 0.3) is 0 Å². The topological polar surface area (TPSA) is 0 Å². The van der Waals surface area contributed by atoms with Gasteiger partial charge in [0.1, 0.15) is 0 Å². The molecule has 0 aromatic heterocycles. The molecule has 2 rings (SSSR count). The van der Waals surface area contributed by atoms with Gasteiger partial charge in [0.2, 0.25) is 0 Å². The summed E-state index contributed by atoms with van der Waals surface area (Å²) in [5.74, 6) is 0. The van der Waals surface area contributed by atoms with Gasteiger partial charge >= 0.3 is 0 Å². The molecule has 0 aromatic carbocycles. The maximum Gasteiger partial charge on any atom is 0.0223 e. The second-order valence-electron chi connectivity index (χ2n) is 3.11. The summed E-state index contributed by atoms with van der Waals surface area (Å²) in [7, 11) is 0. The molecule has 2 fully saturated rings. The number of hydrogen-bond donors (Lipinski definition) is 0. The lowest BCUT2D eigenvalue weighted by molar-refractivity contribution is 0.726. The average molecular weight is 114 g/mol. The number of rotatable bonds is 1. The summed E-state index contributed by atoms with van der Waals surface area (Å²) in [4.78, 5) is 0. The standard InChI is InChI=1S/C6H10S/c1-5-3-6(5,4-5)7-2/h3-4H2,1-2H3/t5-,6-. The first-order chi connectivity index (χ1) is 3.22. The van der Waals surface area contributed by atoms with Crippen molar-refractivity contribution in [1.82, 2.24) is 0 Å². The predicted molar refractivity (Wildman–Crippen MR) is 33.6 cm³/mol. The van der Waals surface area contributed by atoms with E-state index in [4.69, 9.17) is 0 Å². The maximum absolute atomic E-state index is 2.39. The highest BCUT2D eigenvalue weighted by Crippen LogP contribution is 2.84. The van der Waals surface area contributed by atoms with Crippen LogP contribution in [0.4, 0.5) is 0 Å². The highest BCUT2D eigenvalue weighted by molar-refractivity contribution is 8.00. The fourth-order valence-corrected chi connectivity index (χ4v) is 2.93. The minimum absolute atomic E-state index is 0.812. The zero-order chi connectivity index (χ0) is 5.12. The normalized spacial score (nSPS) is 64.3. The zero-order valence-electron chi connectivity index (χ0n) is 4.82. The molecule has 0 heterocycles. The molecular weight excluding hydrogens is 104 g/mol. The largest absolute Gasteiger partial charge is 0.158 e. The third-order valence-electron chi connectivity index (χ3n) is 2.59. The second kappa shape index (κ2) is 0.771. The van der Waals surface area contributed by atoms with Gasteiger partial charge in [-0.15, -0.1) is 0 Å².